The lowest BCUT2D eigenvalue weighted by Gasteiger charge is -2.40. The number of hydrogen-bond acceptors (Lipinski definition) is 7. The molecule has 0 spiro atoms. The van der Waals surface area contributed by atoms with E-state index in [1.165, 1.54) is 15.7 Å². The van der Waals surface area contributed by atoms with E-state index in [-0.39, 0.29) is 23.9 Å². The summed E-state index contributed by atoms with van der Waals surface area (Å²) in [6, 6.07) is 21.3. The number of aryl methyl sites for hydroxylation is 1. The number of aromatic nitrogens is 2. The van der Waals surface area contributed by atoms with Crippen molar-refractivity contribution in [1.82, 2.24) is 24.7 Å². The predicted octanol–water partition coefficient (Wildman–Crippen LogP) is 5.88. The third-order valence-corrected chi connectivity index (χ3v) is 10.3. The predicted molar refractivity (Wildman–Crippen MR) is 180 cm³/mol. The van der Waals surface area contributed by atoms with Gasteiger partial charge in [-0.2, -0.15) is 0 Å². The highest BCUT2D eigenvalue weighted by Gasteiger charge is 2.31. The molecule has 45 heavy (non-hydrogen) atoms. The Morgan fingerprint density at radius 1 is 0.911 bits per heavy atom. The Morgan fingerprint density at radius 3 is 2.18 bits per heavy atom. The fraction of sp³-hybridized carbons (Fsp3) is 0.353. The number of rotatable bonds is 9. The van der Waals surface area contributed by atoms with E-state index in [0.717, 1.165) is 59.8 Å². The van der Waals surface area contributed by atoms with E-state index in [1.807, 2.05) is 42.5 Å². The minimum atomic E-state index is -0.734. The molecule has 3 aromatic carbocycles. The number of amides is 2. The summed E-state index contributed by atoms with van der Waals surface area (Å²) in [6.07, 6.45) is 1.47. The second kappa shape index (κ2) is 14.1. The average molecular weight is 665 g/mol. The van der Waals surface area contributed by atoms with Crippen molar-refractivity contribution in [2.75, 3.05) is 38.5 Å². The van der Waals surface area contributed by atoms with Crippen LogP contribution in [0.4, 0.5) is 0 Å². The molecule has 2 fully saturated rings. The number of halogens is 2. The molecule has 1 unspecified atom stereocenters. The molecule has 2 saturated heterocycles. The zero-order chi connectivity index (χ0) is 31.5. The van der Waals surface area contributed by atoms with Crippen molar-refractivity contribution in [3.05, 3.63) is 104 Å². The van der Waals surface area contributed by atoms with E-state index >= 15 is 0 Å². The zero-order valence-electron chi connectivity index (χ0n) is 25.0. The number of piperidine rings is 1. The average Bonchev–Trinajstić information content (AvgIpc) is 3.03. The van der Waals surface area contributed by atoms with Gasteiger partial charge in [-0.1, -0.05) is 53.5 Å². The molecule has 2 aliphatic heterocycles. The summed E-state index contributed by atoms with van der Waals surface area (Å²) in [7, 11) is 0. The van der Waals surface area contributed by atoms with E-state index in [1.54, 1.807) is 18.7 Å². The lowest BCUT2D eigenvalue weighted by molar-refractivity contribution is -0.135. The third-order valence-electron chi connectivity index (χ3n) is 8.61. The van der Waals surface area contributed by atoms with Crippen molar-refractivity contribution in [3.8, 4) is 0 Å². The first-order valence-corrected chi connectivity index (χ1v) is 17.0. The molecule has 0 radical (unpaired) electrons. The Bertz CT molecular complexity index is 1710. The van der Waals surface area contributed by atoms with Crippen LogP contribution in [0.15, 0.2) is 76.4 Å². The van der Waals surface area contributed by atoms with Gasteiger partial charge in [-0.15, -0.1) is 11.8 Å². The van der Waals surface area contributed by atoms with Gasteiger partial charge in [0.15, 0.2) is 0 Å². The van der Waals surface area contributed by atoms with Crippen LogP contribution in [0, 0.1) is 6.92 Å². The maximum atomic E-state index is 13.7. The summed E-state index contributed by atoms with van der Waals surface area (Å²) in [5.74, 6) is 0.563. The van der Waals surface area contributed by atoms with Crippen molar-refractivity contribution in [2.24, 2.45) is 0 Å². The molecule has 0 saturated carbocycles. The molecule has 1 aromatic heterocycles. The number of fused-ring (bicyclic) bond motifs is 1. The van der Waals surface area contributed by atoms with Crippen LogP contribution in [-0.4, -0.2) is 69.6 Å². The van der Waals surface area contributed by atoms with Crippen molar-refractivity contribution >= 4 is 57.7 Å². The molecule has 2 amide bonds. The zero-order valence-corrected chi connectivity index (χ0v) is 27.4. The summed E-state index contributed by atoms with van der Waals surface area (Å²) < 4.78 is 1.45. The molecular weight excluding hydrogens is 629 g/mol. The highest BCUT2D eigenvalue weighted by molar-refractivity contribution is 7.99. The number of hydrogen-bond donors (Lipinski definition) is 1. The number of carbonyl (C=O) groups excluding carboxylic acids is 2. The Kier molecular flexibility index (Phi) is 9.92. The van der Waals surface area contributed by atoms with Crippen molar-refractivity contribution < 1.29 is 9.59 Å². The van der Waals surface area contributed by atoms with Crippen LogP contribution in [0.1, 0.15) is 48.3 Å². The molecule has 0 bridgehead atoms. The van der Waals surface area contributed by atoms with Gasteiger partial charge in [0.2, 0.25) is 11.8 Å². The second-order valence-corrected chi connectivity index (χ2v) is 13.5. The molecule has 234 valence electrons. The molecule has 11 heteroatoms. The Hall–Kier alpha value is -3.21. The first kappa shape index (κ1) is 31.8. The molecule has 1 N–H and O–H groups in total. The molecular formula is C34H35Cl2N5O3S. The van der Waals surface area contributed by atoms with Crippen LogP contribution >= 0.6 is 35.0 Å². The molecule has 4 aromatic rings. The van der Waals surface area contributed by atoms with Gasteiger partial charge in [0.1, 0.15) is 11.9 Å². The topological polar surface area (TPSA) is 87.5 Å². The number of imide groups is 1. The number of piperazine rings is 1. The van der Waals surface area contributed by atoms with Gasteiger partial charge in [0, 0.05) is 47.5 Å². The number of thioether (sulfide) groups is 1. The molecule has 6 rings (SSSR count). The SMILES string of the molecule is Cc1nc2cccc(SCCCN3CCN(C(c4ccc(Cl)cc4)c4ccc(Cl)cc4)CC3)c2c(=O)n1C1CCC(=O)NC1=O. The van der Waals surface area contributed by atoms with Crippen LogP contribution in [-0.2, 0) is 9.59 Å². The van der Waals surface area contributed by atoms with E-state index in [4.69, 9.17) is 23.2 Å². The minimum absolute atomic E-state index is 0.130. The smallest absolute Gasteiger partial charge is 0.263 e. The Labute approximate surface area is 276 Å². The number of carbonyl (C=O) groups is 2. The summed E-state index contributed by atoms with van der Waals surface area (Å²) in [5.41, 5.74) is 2.81. The summed E-state index contributed by atoms with van der Waals surface area (Å²) in [5, 5.41) is 4.34. The lowest BCUT2D eigenvalue weighted by Crippen LogP contribution is -2.48. The number of nitrogens with zero attached hydrogens (tertiary/aromatic N) is 4. The van der Waals surface area contributed by atoms with Crippen LogP contribution < -0.4 is 10.9 Å². The first-order chi connectivity index (χ1) is 21.8. The van der Waals surface area contributed by atoms with Gasteiger partial charge in [0.25, 0.3) is 5.56 Å². The third kappa shape index (κ3) is 7.13. The number of benzene rings is 3. The summed E-state index contributed by atoms with van der Waals surface area (Å²) >= 11 is 14.0. The maximum absolute atomic E-state index is 13.7. The monoisotopic (exact) mass is 663 g/mol. The summed E-state index contributed by atoms with van der Waals surface area (Å²) in [6.45, 7) is 6.52. The van der Waals surface area contributed by atoms with Crippen LogP contribution in [0.25, 0.3) is 10.9 Å². The molecule has 2 aliphatic rings. The van der Waals surface area contributed by atoms with Gasteiger partial charge in [0.05, 0.1) is 16.9 Å². The van der Waals surface area contributed by atoms with Crippen LogP contribution in [0.2, 0.25) is 10.0 Å². The van der Waals surface area contributed by atoms with Crippen LogP contribution in [0.3, 0.4) is 0 Å². The van der Waals surface area contributed by atoms with Crippen molar-refractivity contribution in [2.45, 2.75) is 43.2 Å². The van der Waals surface area contributed by atoms with E-state index in [2.05, 4.69) is 44.4 Å². The fourth-order valence-electron chi connectivity index (χ4n) is 6.36. The summed E-state index contributed by atoms with van der Waals surface area (Å²) in [4.78, 5) is 48.5. The molecule has 1 atom stereocenters. The molecule has 8 nitrogen and oxygen atoms in total. The molecule has 0 aliphatic carbocycles. The van der Waals surface area contributed by atoms with Gasteiger partial charge < -0.3 is 4.90 Å². The maximum Gasteiger partial charge on any atom is 0.263 e. The van der Waals surface area contributed by atoms with Gasteiger partial charge in [-0.25, -0.2) is 4.98 Å². The van der Waals surface area contributed by atoms with Gasteiger partial charge in [-0.05, 0) is 79.6 Å². The normalized spacial score (nSPS) is 18.1. The highest BCUT2D eigenvalue weighted by Crippen LogP contribution is 2.32. The molecule has 3 heterocycles. The van der Waals surface area contributed by atoms with Gasteiger partial charge >= 0.3 is 0 Å². The standard InChI is InChI=1S/C34H35Cl2N5O3S/c1-22-37-27-4-2-5-29(31(27)34(44)41(22)28-14-15-30(42)38-33(28)43)45-21-3-16-39-17-19-40(20-18-39)32(23-6-10-25(35)11-7-23)24-8-12-26(36)13-9-24/h2,4-13,28,32H,3,14-21H2,1H3,(H,38,42,43). The van der Waals surface area contributed by atoms with Crippen molar-refractivity contribution in [3.63, 3.8) is 0 Å². The first-order valence-electron chi connectivity index (χ1n) is 15.2. The number of nitrogens with one attached hydrogen (secondary N) is 1. The van der Waals surface area contributed by atoms with E-state index in [0.29, 0.717) is 23.1 Å². The fourth-order valence-corrected chi connectivity index (χ4v) is 7.62. The van der Waals surface area contributed by atoms with Crippen LogP contribution in [0.5, 0.6) is 0 Å². The Morgan fingerprint density at radius 2 is 1.56 bits per heavy atom. The lowest BCUT2D eigenvalue weighted by atomic mass is 9.96. The second-order valence-electron chi connectivity index (χ2n) is 11.5. The van der Waals surface area contributed by atoms with Crippen molar-refractivity contribution in [1.29, 1.82) is 0 Å². The largest absolute Gasteiger partial charge is 0.301 e. The van der Waals surface area contributed by atoms with E-state index in [9.17, 15) is 14.4 Å². The minimum Gasteiger partial charge on any atom is -0.301 e. The highest BCUT2D eigenvalue weighted by atomic mass is 35.5. The van der Waals surface area contributed by atoms with Gasteiger partial charge in [-0.3, -0.25) is 29.2 Å². The van der Waals surface area contributed by atoms with E-state index < -0.39 is 11.9 Å². The quantitative estimate of drug-likeness (QED) is 0.136. The Balaban J connectivity index is 1.08.